The van der Waals surface area contributed by atoms with Gasteiger partial charge in [0, 0.05) is 0 Å². The van der Waals surface area contributed by atoms with Gasteiger partial charge in [0.15, 0.2) is 5.76 Å². The smallest absolute Gasteiger partial charge is 0.370 e. The molecular weight excluding hydrogens is 1130 g/mol. The number of rotatable bonds is 36. The van der Waals surface area contributed by atoms with Crippen molar-refractivity contribution in [2.45, 2.75) is 137 Å². The van der Waals surface area contributed by atoms with Crippen LogP contribution in [0, 0.1) is 46.3 Å². The third-order valence-corrected chi connectivity index (χ3v) is 13.2. The SMILES string of the molecule is C=C(COC(=O)CC#N)C(=O)OC1(C(C)C)C2CC3CC(C2)CC1C3.C=C(COCC(CC)(COC(=O)CC(C)=O)COC(=O)CC(C)=O)C(=O)OCC.C=C(COCCOC(=O)CC(C)=O)C(=O)O.C=C(OC(CC(=O)O)CC(=O)O)C(=O)O. The highest BCUT2D eigenvalue weighted by Crippen LogP contribution is 2.62. The van der Waals surface area contributed by atoms with Gasteiger partial charge >= 0.3 is 59.7 Å². The van der Waals surface area contributed by atoms with E-state index in [1.807, 2.05) is 0 Å². The van der Waals surface area contributed by atoms with Crippen molar-refractivity contribution in [3.8, 4) is 6.07 Å². The Labute approximate surface area is 492 Å². The Balaban J connectivity index is 0.00000115. The number of ether oxygens (including phenoxy) is 9. The summed E-state index contributed by atoms with van der Waals surface area (Å²) in [6.45, 7) is 24.5. The van der Waals surface area contributed by atoms with Crippen molar-refractivity contribution in [1.82, 2.24) is 0 Å². The first-order valence-corrected chi connectivity index (χ1v) is 27.0. The second-order valence-corrected chi connectivity index (χ2v) is 20.8. The van der Waals surface area contributed by atoms with Gasteiger partial charge in [-0.15, -0.1) is 0 Å². The van der Waals surface area contributed by atoms with E-state index in [2.05, 4.69) is 49.6 Å². The van der Waals surface area contributed by atoms with Crippen LogP contribution in [0.3, 0.4) is 0 Å². The molecule has 0 radical (unpaired) electrons. The first-order valence-electron chi connectivity index (χ1n) is 27.0. The molecule has 0 aromatic heterocycles. The molecule has 27 nitrogen and oxygen atoms in total. The molecule has 0 atom stereocenters. The number of Topliss-reactive ketones (excluding diaryl/α,β-unsaturated/α-hetero) is 3. The van der Waals surface area contributed by atoms with Crippen LogP contribution in [0.1, 0.15) is 126 Å². The molecule has 0 saturated heterocycles. The van der Waals surface area contributed by atoms with E-state index in [4.69, 9.17) is 58.8 Å². The molecule has 474 valence electrons. The molecule has 0 aromatic carbocycles. The fraction of sp³-hybridized carbons (Fsp3) is 0.621. The van der Waals surface area contributed by atoms with Gasteiger partial charge in [-0.1, -0.05) is 40.5 Å². The predicted molar refractivity (Wildman–Crippen MR) is 293 cm³/mol. The average molecular weight is 1210 g/mol. The van der Waals surface area contributed by atoms with Crippen LogP contribution >= 0.6 is 0 Å². The Kier molecular flexibility index (Phi) is 35.7. The van der Waals surface area contributed by atoms with E-state index < -0.39 is 95.4 Å². The number of aliphatic carboxylic acids is 4. The zero-order valence-corrected chi connectivity index (χ0v) is 49.4. The number of nitriles is 1. The maximum absolute atomic E-state index is 12.6. The maximum Gasteiger partial charge on any atom is 0.370 e. The lowest BCUT2D eigenvalue weighted by Gasteiger charge is -2.61. The van der Waals surface area contributed by atoms with E-state index in [1.54, 1.807) is 19.9 Å². The van der Waals surface area contributed by atoms with Gasteiger partial charge in [0.2, 0.25) is 0 Å². The van der Waals surface area contributed by atoms with E-state index in [1.165, 1.54) is 27.2 Å². The van der Waals surface area contributed by atoms with E-state index in [-0.39, 0.29) is 125 Å². The zero-order valence-electron chi connectivity index (χ0n) is 49.4. The molecule has 4 aliphatic rings. The van der Waals surface area contributed by atoms with Crippen LogP contribution in [0.5, 0.6) is 0 Å². The number of carboxylic acid groups (broad SMARTS) is 4. The van der Waals surface area contributed by atoms with Crippen molar-refractivity contribution >= 4 is 77.0 Å². The largest absolute Gasteiger partial charge is 0.482 e. The number of carboxylic acids is 4. The van der Waals surface area contributed by atoms with Crippen LogP contribution in [-0.2, 0) is 105 Å². The van der Waals surface area contributed by atoms with Crippen LogP contribution in [0.2, 0.25) is 0 Å². The molecule has 4 N–H and O–H groups in total. The molecule has 0 spiro atoms. The number of hydrogen-bond acceptors (Lipinski definition) is 23. The van der Waals surface area contributed by atoms with Crippen molar-refractivity contribution < 1.29 is 125 Å². The minimum atomic E-state index is -1.46. The minimum Gasteiger partial charge on any atom is -0.482 e. The summed E-state index contributed by atoms with van der Waals surface area (Å²) in [7, 11) is 0. The number of carbonyl (C=O) groups excluding carboxylic acids is 9. The van der Waals surface area contributed by atoms with Crippen molar-refractivity contribution in [3.05, 3.63) is 48.8 Å². The monoisotopic (exact) mass is 1210 g/mol. The van der Waals surface area contributed by atoms with E-state index in [9.17, 15) is 62.3 Å². The average Bonchev–Trinajstić information content (AvgIpc) is 1.80. The van der Waals surface area contributed by atoms with Gasteiger partial charge in [0.05, 0.1) is 74.1 Å². The standard InChI is InChI=1S/C20H27NO4.C20H30O9.C10H14O6.C8H10O7/c1-12(2)20(16-7-14-6-15(9-16)10-17(20)8-14)25-19(23)13(3)11-24-18(22)4-5-21;1-6-20(12-28-17(23)8-15(4)21,13-29-18(24)9-16(5)22)11-26-10-14(3)19(25)27-7-2;1-7(10(13)14)6-15-3-4-16-9(12)5-8(2)11;1-4(8(13)14)15-5(2-6(9)10)3-7(11)12/h12,14-17H,3-4,6-11H2,1-2H3;3,6-13H2,1-2,4-5H3;1,3-6H2,2H3,(H,13,14);5H,1-3H2,(H,9,10)(H,11,12)(H,13,14). The molecular formula is C58H81NO26. The fourth-order valence-electron chi connectivity index (χ4n) is 9.34. The molecule has 4 saturated carbocycles. The van der Waals surface area contributed by atoms with E-state index >= 15 is 0 Å². The quantitative estimate of drug-likeness (QED) is 0.0159. The molecule has 0 amide bonds. The summed E-state index contributed by atoms with van der Waals surface area (Å²) in [5.41, 5.74) is -1.16. The Hall–Kier alpha value is -8.12. The lowest BCUT2D eigenvalue weighted by Crippen LogP contribution is -2.62. The van der Waals surface area contributed by atoms with Gasteiger partial charge in [-0.2, -0.15) is 5.26 Å². The van der Waals surface area contributed by atoms with Crippen LogP contribution in [0.25, 0.3) is 0 Å². The first kappa shape index (κ1) is 76.9. The maximum atomic E-state index is 12.6. The molecule has 0 aliphatic heterocycles. The van der Waals surface area contributed by atoms with Crippen LogP contribution in [0.4, 0.5) is 0 Å². The highest BCUT2D eigenvalue weighted by molar-refractivity contribution is 5.95. The van der Waals surface area contributed by atoms with Gasteiger partial charge in [0.1, 0.15) is 81.2 Å². The molecule has 4 fully saturated rings. The lowest BCUT2D eigenvalue weighted by atomic mass is 9.47. The summed E-state index contributed by atoms with van der Waals surface area (Å²) in [6.07, 6.45) is 2.59. The Morgan fingerprint density at radius 3 is 1.42 bits per heavy atom. The van der Waals surface area contributed by atoms with Crippen LogP contribution in [-0.4, -0.2) is 169 Å². The molecule has 0 heterocycles. The zero-order chi connectivity index (χ0) is 65.2. The number of nitrogens with zero attached hydrogens (tertiary/aromatic N) is 1. The normalized spacial score (nSPS) is 17.6. The van der Waals surface area contributed by atoms with E-state index in [0.717, 1.165) is 37.5 Å². The lowest BCUT2D eigenvalue weighted by molar-refractivity contribution is -0.222. The van der Waals surface area contributed by atoms with Gasteiger partial charge < -0.3 is 63.1 Å². The van der Waals surface area contributed by atoms with E-state index in [0.29, 0.717) is 18.3 Å². The van der Waals surface area contributed by atoms with Gasteiger partial charge in [0.25, 0.3) is 0 Å². The summed E-state index contributed by atoms with van der Waals surface area (Å²) in [4.78, 5) is 144. The number of ketones is 3. The Bertz CT molecular complexity index is 2410. The topological polar surface area (TPSA) is 410 Å². The van der Waals surface area contributed by atoms with Gasteiger partial charge in [-0.3, -0.25) is 43.2 Å². The summed E-state index contributed by atoms with van der Waals surface area (Å²) < 4.78 is 45.8. The van der Waals surface area contributed by atoms with Crippen molar-refractivity contribution in [3.63, 3.8) is 0 Å². The second-order valence-electron chi connectivity index (χ2n) is 20.8. The summed E-state index contributed by atoms with van der Waals surface area (Å²) in [5.74, 6) is -7.81. The van der Waals surface area contributed by atoms with Crippen molar-refractivity contribution in [2.24, 2.45) is 35.0 Å². The summed E-state index contributed by atoms with van der Waals surface area (Å²) in [5, 5.41) is 42.1. The Morgan fingerprint density at radius 2 is 1.02 bits per heavy atom. The number of hydrogen-bond donors (Lipinski definition) is 4. The van der Waals surface area contributed by atoms with Gasteiger partial charge in [-0.05, 0) is 102 Å². The summed E-state index contributed by atoms with van der Waals surface area (Å²) >= 11 is 0. The molecule has 0 unspecified atom stereocenters. The molecule has 4 bridgehead atoms. The highest BCUT2D eigenvalue weighted by Gasteiger charge is 2.61. The third-order valence-electron chi connectivity index (χ3n) is 13.2. The minimum absolute atomic E-state index is 0.0149. The van der Waals surface area contributed by atoms with Crippen LogP contribution < -0.4 is 0 Å². The number of esters is 6. The predicted octanol–water partition coefficient (Wildman–Crippen LogP) is 5.04. The molecule has 27 heteroatoms. The van der Waals surface area contributed by atoms with Gasteiger partial charge in [-0.25, -0.2) is 19.2 Å². The Morgan fingerprint density at radius 1 is 0.565 bits per heavy atom. The van der Waals surface area contributed by atoms with Crippen molar-refractivity contribution in [1.29, 1.82) is 5.26 Å². The first-order chi connectivity index (χ1) is 39.7. The second kappa shape index (κ2) is 39.4. The molecule has 85 heavy (non-hydrogen) atoms. The number of carbonyl (C=O) groups is 13. The molecule has 4 rings (SSSR count). The van der Waals surface area contributed by atoms with Crippen LogP contribution in [0.15, 0.2) is 48.8 Å². The highest BCUT2D eigenvalue weighted by atomic mass is 16.6. The summed E-state index contributed by atoms with van der Waals surface area (Å²) in [6, 6.07) is 1.72. The molecule has 0 aromatic rings. The molecule has 4 aliphatic carbocycles. The van der Waals surface area contributed by atoms with Crippen molar-refractivity contribution in [2.75, 3.05) is 59.5 Å². The third kappa shape index (κ3) is 30.8. The fourth-order valence-corrected chi connectivity index (χ4v) is 9.34.